The molecule has 2 aromatic heterocycles. The standard InChI is InChI=1S/C8H8ClN3/c9-6-1-7-5(2-10)3-11-8(7)12-4-6/h1,3-4H,2,10H2,(H,11,12). The molecule has 0 amide bonds. The number of nitrogens with two attached hydrogens (primary N) is 1. The van der Waals surface area contributed by atoms with Crippen LogP contribution in [0.4, 0.5) is 0 Å². The average molecular weight is 182 g/mol. The molecule has 0 spiro atoms. The molecule has 12 heavy (non-hydrogen) atoms. The van der Waals surface area contributed by atoms with Crippen molar-refractivity contribution in [2.24, 2.45) is 5.73 Å². The highest BCUT2D eigenvalue weighted by Gasteiger charge is 2.02. The summed E-state index contributed by atoms with van der Waals surface area (Å²) >= 11 is 5.79. The van der Waals surface area contributed by atoms with E-state index in [2.05, 4.69) is 9.97 Å². The van der Waals surface area contributed by atoms with Crippen LogP contribution in [0.1, 0.15) is 5.56 Å². The Kier molecular flexibility index (Phi) is 1.75. The van der Waals surface area contributed by atoms with E-state index in [0.29, 0.717) is 11.6 Å². The predicted molar refractivity (Wildman–Crippen MR) is 49.0 cm³/mol. The summed E-state index contributed by atoms with van der Waals surface area (Å²) in [5.74, 6) is 0. The third kappa shape index (κ3) is 1.07. The Morgan fingerprint density at radius 3 is 3.17 bits per heavy atom. The molecule has 0 aromatic carbocycles. The molecule has 3 N–H and O–H groups in total. The molecule has 0 radical (unpaired) electrons. The molecular formula is C8H8ClN3. The first kappa shape index (κ1) is 7.58. The quantitative estimate of drug-likeness (QED) is 0.703. The van der Waals surface area contributed by atoms with Crippen LogP contribution in [0.2, 0.25) is 5.02 Å². The molecule has 0 aliphatic rings. The Balaban J connectivity index is 2.75. The van der Waals surface area contributed by atoms with Gasteiger partial charge in [0.2, 0.25) is 0 Å². The minimum atomic E-state index is 0.502. The van der Waals surface area contributed by atoms with Gasteiger partial charge in [0.15, 0.2) is 0 Å². The Hall–Kier alpha value is -1.06. The molecule has 3 nitrogen and oxygen atoms in total. The van der Waals surface area contributed by atoms with Crippen LogP contribution < -0.4 is 5.73 Å². The molecule has 2 rings (SSSR count). The number of H-pyrrole nitrogens is 1. The van der Waals surface area contributed by atoms with E-state index in [4.69, 9.17) is 17.3 Å². The first-order chi connectivity index (χ1) is 5.81. The second kappa shape index (κ2) is 2.77. The van der Waals surface area contributed by atoms with Crippen molar-refractivity contribution in [3.63, 3.8) is 0 Å². The molecule has 0 aliphatic heterocycles. The van der Waals surface area contributed by atoms with Crippen molar-refractivity contribution < 1.29 is 0 Å². The fraction of sp³-hybridized carbons (Fsp3) is 0.125. The van der Waals surface area contributed by atoms with Crippen molar-refractivity contribution in [3.05, 3.63) is 29.0 Å². The molecule has 2 aromatic rings. The second-order valence-electron chi connectivity index (χ2n) is 2.57. The van der Waals surface area contributed by atoms with Crippen molar-refractivity contribution in [1.82, 2.24) is 9.97 Å². The molecule has 0 saturated carbocycles. The van der Waals surface area contributed by atoms with Crippen LogP contribution >= 0.6 is 11.6 Å². The zero-order valence-corrected chi connectivity index (χ0v) is 7.10. The number of nitrogens with one attached hydrogen (secondary N) is 1. The van der Waals surface area contributed by atoms with E-state index in [1.807, 2.05) is 12.3 Å². The number of hydrogen-bond acceptors (Lipinski definition) is 2. The summed E-state index contributed by atoms with van der Waals surface area (Å²) in [6, 6.07) is 1.86. The van der Waals surface area contributed by atoms with E-state index in [1.165, 1.54) is 0 Å². The largest absolute Gasteiger partial charge is 0.346 e. The van der Waals surface area contributed by atoms with E-state index in [1.54, 1.807) is 6.20 Å². The molecular weight excluding hydrogens is 174 g/mol. The number of hydrogen-bond donors (Lipinski definition) is 2. The van der Waals surface area contributed by atoms with Crippen molar-refractivity contribution in [3.8, 4) is 0 Å². The number of nitrogens with zero attached hydrogens (tertiary/aromatic N) is 1. The number of pyridine rings is 1. The van der Waals surface area contributed by atoms with Crippen LogP contribution in [0, 0.1) is 0 Å². The average Bonchev–Trinajstić information content (AvgIpc) is 2.46. The summed E-state index contributed by atoms with van der Waals surface area (Å²) in [5.41, 5.74) is 7.39. The van der Waals surface area contributed by atoms with Gasteiger partial charge in [0.25, 0.3) is 0 Å². The zero-order valence-electron chi connectivity index (χ0n) is 6.34. The molecule has 0 atom stereocenters. The van der Waals surface area contributed by atoms with Gasteiger partial charge in [-0.1, -0.05) is 11.6 Å². The number of aromatic nitrogens is 2. The number of aromatic amines is 1. The lowest BCUT2D eigenvalue weighted by atomic mass is 10.2. The maximum absolute atomic E-state index is 5.79. The first-order valence-electron chi connectivity index (χ1n) is 3.63. The number of rotatable bonds is 1. The highest BCUT2D eigenvalue weighted by molar-refractivity contribution is 6.31. The van der Waals surface area contributed by atoms with Crippen LogP contribution in [0.3, 0.4) is 0 Å². The normalized spacial score (nSPS) is 10.8. The lowest BCUT2D eigenvalue weighted by Crippen LogP contribution is -1.94. The van der Waals surface area contributed by atoms with E-state index >= 15 is 0 Å². The number of fused-ring (bicyclic) bond motifs is 1. The Morgan fingerprint density at radius 1 is 1.58 bits per heavy atom. The van der Waals surface area contributed by atoms with Gasteiger partial charge < -0.3 is 10.7 Å². The van der Waals surface area contributed by atoms with Crippen LogP contribution in [0.25, 0.3) is 11.0 Å². The maximum Gasteiger partial charge on any atom is 0.137 e. The number of halogens is 1. The van der Waals surface area contributed by atoms with Crippen LogP contribution in [-0.2, 0) is 6.54 Å². The smallest absolute Gasteiger partial charge is 0.137 e. The minimum Gasteiger partial charge on any atom is -0.346 e. The van der Waals surface area contributed by atoms with Gasteiger partial charge in [-0.25, -0.2) is 4.98 Å². The molecule has 62 valence electrons. The van der Waals surface area contributed by atoms with Crippen LogP contribution in [-0.4, -0.2) is 9.97 Å². The summed E-state index contributed by atoms with van der Waals surface area (Å²) in [7, 11) is 0. The summed E-state index contributed by atoms with van der Waals surface area (Å²) < 4.78 is 0. The van der Waals surface area contributed by atoms with Crippen molar-refractivity contribution in [1.29, 1.82) is 0 Å². The molecule has 0 aliphatic carbocycles. The van der Waals surface area contributed by atoms with Crippen LogP contribution in [0.5, 0.6) is 0 Å². The fourth-order valence-corrected chi connectivity index (χ4v) is 1.36. The first-order valence-corrected chi connectivity index (χ1v) is 4.00. The van der Waals surface area contributed by atoms with Gasteiger partial charge in [-0.05, 0) is 11.6 Å². The van der Waals surface area contributed by atoms with Gasteiger partial charge in [-0.3, -0.25) is 0 Å². The molecule has 2 heterocycles. The lowest BCUT2D eigenvalue weighted by molar-refractivity contribution is 1.08. The van der Waals surface area contributed by atoms with E-state index in [-0.39, 0.29) is 0 Å². The maximum atomic E-state index is 5.79. The van der Waals surface area contributed by atoms with Gasteiger partial charge in [0, 0.05) is 24.3 Å². The van der Waals surface area contributed by atoms with Crippen molar-refractivity contribution in [2.45, 2.75) is 6.54 Å². The monoisotopic (exact) mass is 181 g/mol. The third-order valence-corrected chi connectivity index (χ3v) is 2.01. The zero-order chi connectivity index (χ0) is 8.55. The third-order valence-electron chi connectivity index (χ3n) is 1.80. The predicted octanol–water partition coefficient (Wildman–Crippen LogP) is 1.67. The fourth-order valence-electron chi connectivity index (χ4n) is 1.20. The highest BCUT2D eigenvalue weighted by atomic mass is 35.5. The molecule has 0 unspecified atom stereocenters. The summed E-state index contributed by atoms with van der Waals surface area (Å²) in [6.07, 6.45) is 3.47. The van der Waals surface area contributed by atoms with Gasteiger partial charge in [0.05, 0.1) is 5.02 Å². The molecule has 0 saturated heterocycles. The Bertz CT molecular complexity index is 408. The summed E-state index contributed by atoms with van der Waals surface area (Å²) in [4.78, 5) is 7.12. The molecule has 0 bridgehead atoms. The summed E-state index contributed by atoms with van der Waals surface area (Å²) in [5, 5.41) is 1.64. The van der Waals surface area contributed by atoms with Crippen molar-refractivity contribution >= 4 is 22.6 Å². The van der Waals surface area contributed by atoms with Gasteiger partial charge in [-0.15, -0.1) is 0 Å². The highest BCUT2D eigenvalue weighted by Crippen LogP contribution is 2.19. The van der Waals surface area contributed by atoms with E-state index in [9.17, 15) is 0 Å². The Labute approximate surface area is 74.5 Å². The minimum absolute atomic E-state index is 0.502. The van der Waals surface area contributed by atoms with Gasteiger partial charge in [0.1, 0.15) is 5.65 Å². The Morgan fingerprint density at radius 2 is 2.42 bits per heavy atom. The molecule has 4 heteroatoms. The van der Waals surface area contributed by atoms with Crippen LogP contribution in [0.15, 0.2) is 18.5 Å². The lowest BCUT2D eigenvalue weighted by Gasteiger charge is -1.93. The van der Waals surface area contributed by atoms with Gasteiger partial charge >= 0.3 is 0 Å². The topological polar surface area (TPSA) is 54.7 Å². The SMILES string of the molecule is NCc1c[nH]c2ncc(Cl)cc12. The summed E-state index contributed by atoms with van der Waals surface area (Å²) in [6.45, 7) is 0.502. The van der Waals surface area contributed by atoms with Crippen molar-refractivity contribution in [2.75, 3.05) is 0 Å². The van der Waals surface area contributed by atoms with E-state index < -0.39 is 0 Å². The second-order valence-corrected chi connectivity index (χ2v) is 3.00. The molecule has 0 fully saturated rings. The van der Waals surface area contributed by atoms with E-state index in [0.717, 1.165) is 16.6 Å². The van der Waals surface area contributed by atoms with Gasteiger partial charge in [-0.2, -0.15) is 0 Å².